The molecule has 32 heavy (non-hydrogen) atoms. The van der Waals surface area contributed by atoms with Crippen LogP contribution < -0.4 is 0 Å². The normalized spacial score (nSPS) is 18.9. The molecule has 0 bridgehead atoms. The minimum atomic E-state index is -1.07. The van der Waals surface area contributed by atoms with Crippen LogP contribution in [0.5, 0.6) is 0 Å². The number of rotatable bonds is 4. The number of carboxylic acids is 1. The minimum absolute atomic E-state index is 0.119. The van der Waals surface area contributed by atoms with Gasteiger partial charge in [-0.2, -0.15) is 5.10 Å². The Morgan fingerprint density at radius 3 is 2.69 bits per heavy atom. The summed E-state index contributed by atoms with van der Waals surface area (Å²) in [5.74, 6) is -4.09. The first-order valence-corrected chi connectivity index (χ1v) is 10.3. The molecule has 5 rings (SSSR count). The Bertz CT molecular complexity index is 1380. The zero-order valence-electron chi connectivity index (χ0n) is 17.3. The molecule has 2 aromatic carbocycles. The molecular weight excluding hydrogens is 423 g/mol. The Morgan fingerprint density at radius 2 is 2.03 bits per heavy atom. The van der Waals surface area contributed by atoms with Crippen LogP contribution in [0, 0.1) is 17.5 Å². The highest BCUT2D eigenvalue weighted by atomic mass is 19.2. The third-order valence-corrected chi connectivity index (χ3v) is 6.07. The number of hydrogen-bond acceptors (Lipinski definition) is 3. The Kier molecular flexibility index (Phi) is 4.74. The predicted octanol–water partition coefficient (Wildman–Crippen LogP) is 5.00. The molecule has 1 aliphatic rings. The van der Waals surface area contributed by atoms with Crippen molar-refractivity contribution >= 4 is 27.8 Å². The number of benzene rings is 2. The van der Waals surface area contributed by atoms with Gasteiger partial charge in [0, 0.05) is 34.1 Å². The number of nitrogens with one attached hydrogen (secondary N) is 1. The molecule has 0 aliphatic carbocycles. The van der Waals surface area contributed by atoms with Crippen molar-refractivity contribution in [1.82, 2.24) is 14.8 Å². The molecule has 0 spiro atoms. The highest BCUT2D eigenvalue weighted by Gasteiger charge is 2.37. The average Bonchev–Trinajstić information content (AvgIpc) is 3.46. The van der Waals surface area contributed by atoms with Gasteiger partial charge in [0.2, 0.25) is 0 Å². The van der Waals surface area contributed by atoms with Crippen LogP contribution in [0.4, 0.5) is 13.2 Å². The fourth-order valence-corrected chi connectivity index (χ4v) is 4.73. The van der Waals surface area contributed by atoms with Gasteiger partial charge in [0.25, 0.3) is 0 Å². The zero-order valence-corrected chi connectivity index (χ0v) is 17.3. The number of carbonyl (C=O) groups is 1. The van der Waals surface area contributed by atoms with E-state index in [-0.39, 0.29) is 30.4 Å². The molecule has 2 aromatic heterocycles. The number of carboxylic acid groups (broad SMARTS) is 1. The summed E-state index contributed by atoms with van der Waals surface area (Å²) in [5, 5.41) is 16.8. The molecule has 3 heterocycles. The van der Waals surface area contributed by atoms with Crippen molar-refractivity contribution < 1.29 is 27.8 Å². The highest BCUT2D eigenvalue weighted by molar-refractivity contribution is 6.00. The number of halogens is 3. The molecular formula is C23H20F3N3O3. The van der Waals surface area contributed by atoms with E-state index in [0.717, 1.165) is 12.1 Å². The summed E-state index contributed by atoms with van der Waals surface area (Å²) in [5.41, 5.74) is 2.37. The molecule has 166 valence electrons. The number of nitrogens with zero attached hydrogens (tertiary/aromatic N) is 2. The number of hydrogen-bond donors (Lipinski definition) is 2. The third kappa shape index (κ3) is 2.99. The minimum Gasteiger partial charge on any atom is -0.479 e. The maximum absolute atomic E-state index is 15.8. The van der Waals surface area contributed by atoms with E-state index in [1.54, 1.807) is 10.6 Å². The molecule has 1 aliphatic heterocycles. The topological polar surface area (TPSA) is 80.1 Å². The van der Waals surface area contributed by atoms with Crippen molar-refractivity contribution in [3.63, 3.8) is 0 Å². The number of aromatic amines is 1. The van der Waals surface area contributed by atoms with E-state index in [2.05, 4.69) is 10.2 Å². The lowest BCUT2D eigenvalue weighted by atomic mass is 9.89. The van der Waals surface area contributed by atoms with Crippen molar-refractivity contribution in [2.24, 2.45) is 0 Å². The summed E-state index contributed by atoms with van der Waals surface area (Å²) in [6.45, 7) is 3.96. The van der Waals surface area contributed by atoms with Crippen molar-refractivity contribution in [2.75, 3.05) is 6.61 Å². The van der Waals surface area contributed by atoms with Crippen LogP contribution in [-0.4, -0.2) is 38.6 Å². The lowest BCUT2D eigenvalue weighted by Crippen LogP contribution is -2.18. The van der Waals surface area contributed by atoms with Gasteiger partial charge in [0.05, 0.1) is 18.3 Å². The SMILES string of the molecule is CC(C)c1c(C2COC(C(=O)O)C2)c2c(F)c3[nH]ncc3cc2n1-c1ccc(F)c(F)c1. The van der Waals surface area contributed by atoms with E-state index in [4.69, 9.17) is 4.74 Å². The van der Waals surface area contributed by atoms with Crippen molar-refractivity contribution in [3.8, 4) is 5.69 Å². The number of ether oxygens (including phenoxy) is 1. The van der Waals surface area contributed by atoms with Gasteiger partial charge < -0.3 is 14.4 Å². The van der Waals surface area contributed by atoms with Gasteiger partial charge >= 0.3 is 5.97 Å². The van der Waals surface area contributed by atoms with E-state index >= 15 is 4.39 Å². The highest BCUT2D eigenvalue weighted by Crippen LogP contribution is 2.44. The molecule has 0 amide bonds. The van der Waals surface area contributed by atoms with E-state index in [0.29, 0.717) is 33.2 Å². The Balaban J connectivity index is 1.88. The maximum Gasteiger partial charge on any atom is 0.332 e. The molecule has 9 heteroatoms. The van der Waals surface area contributed by atoms with Crippen LogP contribution in [0.3, 0.4) is 0 Å². The molecule has 6 nitrogen and oxygen atoms in total. The predicted molar refractivity (Wildman–Crippen MR) is 112 cm³/mol. The van der Waals surface area contributed by atoms with E-state index in [1.807, 2.05) is 13.8 Å². The molecule has 1 saturated heterocycles. The average molecular weight is 443 g/mol. The quantitative estimate of drug-likeness (QED) is 0.465. The smallest absolute Gasteiger partial charge is 0.332 e. The lowest BCUT2D eigenvalue weighted by Gasteiger charge is -2.18. The number of aromatic nitrogens is 3. The first-order valence-electron chi connectivity index (χ1n) is 10.3. The second kappa shape index (κ2) is 7.37. The van der Waals surface area contributed by atoms with E-state index in [9.17, 15) is 18.7 Å². The Morgan fingerprint density at radius 1 is 1.25 bits per heavy atom. The lowest BCUT2D eigenvalue weighted by molar-refractivity contribution is -0.147. The fourth-order valence-electron chi connectivity index (χ4n) is 4.73. The fraction of sp³-hybridized carbons (Fsp3) is 0.304. The third-order valence-electron chi connectivity index (χ3n) is 6.07. The molecule has 0 saturated carbocycles. The second-order valence-corrected chi connectivity index (χ2v) is 8.40. The molecule has 2 unspecified atom stereocenters. The summed E-state index contributed by atoms with van der Waals surface area (Å²) < 4.78 is 50.8. The van der Waals surface area contributed by atoms with Crippen LogP contribution in [-0.2, 0) is 9.53 Å². The summed E-state index contributed by atoms with van der Waals surface area (Å²) in [6, 6.07) is 5.30. The molecule has 1 fully saturated rings. The van der Waals surface area contributed by atoms with Crippen LogP contribution in [0.1, 0.15) is 43.4 Å². The Hall–Kier alpha value is -3.33. The summed E-state index contributed by atoms with van der Waals surface area (Å²) in [7, 11) is 0. The first-order chi connectivity index (χ1) is 15.3. The molecule has 0 radical (unpaired) electrons. The van der Waals surface area contributed by atoms with Gasteiger partial charge in [-0.1, -0.05) is 13.8 Å². The van der Waals surface area contributed by atoms with Crippen LogP contribution in [0.25, 0.3) is 27.5 Å². The van der Waals surface area contributed by atoms with Crippen molar-refractivity contribution in [3.05, 3.63) is 59.2 Å². The first kappa shape index (κ1) is 20.6. The zero-order chi connectivity index (χ0) is 22.7. The van der Waals surface area contributed by atoms with Crippen molar-refractivity contribution in [2.45, 2.75) is 38.2 Å². The summed E-state index contributed by atoms with van der Waals surface area (Å²) in [6.07, 6.45) is 0.696. The number of H-pyrrole nitrogens is 1. The second-order valence-electron chi connectivity index (χ2n) is 8.40. The van der Waals surface area contributed by atoms with Crippen LogP contribution in [0.15, 0.2) is 30.5 Å². The Labute approximate surface area is 180 Å². The largest absolute Gasteiger partial charge is 0.479 e. The summed E-state index contributed by atoms with van der Waals surface area (Å²) in [4.78, 5) is 11.5. The van der Waals surface area contributed by atoms with Gasteiger partial charge in [-0.25, -0.2) is 18.0 Å². The summed E-state index contributed by atoms with van der Waals surface area (Å²) >= 11 is 0. The van der Waals surface area contributed by atoms with Gasteiger partial charge in [0.15, 0.2) is 23.6 Å². The number of aliphatic carboxylic acids is 1. The van der Waals surface area contributed by atoms with E-state index < -0.39 is 29.5 Å². The van der Waals surface area contributed by atoms with Gasteiger partial charge in [-0.3, -0.25) is 5.10 Å². The maximum atomic E-state index is 15.8. The van der Waals surface area contributed by atoms with Crippen LogP contribution in [0.2, 0.25) is 0 Å². The van der Waals surface area contributed by atoms with Gasteiger partial charge in [-0.05, 0) is 36.1 Å². The van der Waals surface area contributed by atoms with Crippen molar-refractivity contribution in [1.29, 1.82) is 0 Å². The van der Waals surface area contributed by atoms with Crippen LogP contribution >= 0.6 is 0 Å². The van der Waals surface area contributed by atoms with Gasteiger partial charge in [-0.15, -0.1) is 0 Å². The number of fused-ring (bicyclic) bond motifs is 2. The monoisotopic (exact) mass is 443 g/mol. The van der Waals surface area contributed by atoms with E-state index in [1.165, 1.54) is 12.3 Å². The van der Waals surface area contributed by atoms with Gasteiger partial charge in [0.1, 0.15) is 5.52 Å². The molecule has 2 N–H and O–H groups in total. The standard InChI is InChI=1S/C23H20F3N3O3/c1-10(2)22-18(12-6-17(23(30)31)32-9-12)19-16(5-11-8-27-28-21(11)20(19)26)29(22)13-3-4-14(24)15(25)7-13/h3-5,7-8,10,12,17H,6,9H2,1-2H3,(H,27,28)(H,30,31). The molecule has 2 atom stereocenters. The molecule has 4 aromatic rings.